The lowest BCUT2D eigenvalue weighted by Gasteiger charge is -2.53. The molecule has 4 N–H and O–H groups in total. The summed E-state index contributed by atoms with van der Waals surface area (Å²) in [4.78, 5) is 52.9. The third-order valence-corrected chi connectivity index (χ3v) is 8.22. The third kappa shape index (κ3) is 4.74. The molecule has 2 saturated heterocycles. The van der Waals surface area contributed by atoms with E-state index < -0.39 is 23.3 Å². The molecule has 14 heteroatoms. The number of anilines is 1. The van der Waals surface area contributed by atoms with Gasteiger partial charge in [0.25, 0.3) is 5.91 Å². The second kappa shape index (κ2) is 10.0. The van der Waals surface area contributed by atoms with Gasteiger partial charge < -0.3 is 25.9 Å². The number of carbonyl (C=O) groups excluding carboxylic acids is 2. The first kappa shape index (κ1) is 24.0. The Bertz CT molecular complexity index is 1160. The van der Waals surface area contributed by atoms with E-state index in [1.807, 2.05) is 6.07 Å². The minimum atomic E-state index is -1.23. The maximum atomic E-state index is 12.8. The summed E-state index contributed by atoms with van der Waals surface area (Å²) in [6.45, 7) is 0.0109. The fourth-order valence-corrected chi connectivity index (χ4v) is 6.28. The average molecular weight is 521 g/mol. The van der Waals surface area contributed by atoms with Crippen molar-refractivity contribution in [2.24, 2.45) is 10.6 Å². The zero-order valence-corrected chi connectivity index (χ0v) is 20.2. The molecule has 178 valence electrons. The molecule has 3 atom stereocenters. The van der Waals surface area contributed by atoms with Gasteiger partial charge in [-0.2, -0.15) is 0 Å². The number of nitrogens with one attached hydrogen (secondary N) is 1. The monoisotopic (exact) mass is 520 g/mol. The van der Waals surface area contributed by atoms with Gasteiger partial charge >= 0.3 is 5.97 Å². The van der Waals surface area contributed by atoms with Crippen LogP contribution in [0, 0.1) is 5.41 Å². The molecule has 2 fully saturated rings. The molecule has 0 saturated carbocycles. The Morgan fingerprint density at radius 1 is 1.50 bits per heavy atom. The number of oxime groups is 1. The van der Waals surface area contributed by atoms with E-state index >= 15 is 0 Å². The van der Waals surface area contributed by atoms with Gasteiger partial charge in [-0.05, 0) is 17.5 Å². The van der Waals surface area contributed by atoms with E-state index in [0.29, 0.717) is 0 Å². The largest absolute Gasteiger partial charge is 0.481 e. The van der Waals surface area contributed by atoms with Crippen molar-refractivity contribution in [1.82, 2.24) is 20.2 Å². The maximum absolute atomic E-state index is 12.8. The number of nitrogens with zero attached hydrogens (tertiary/aromatic N) is 4. The molecule has 4 rings (SSSR count). The van der Waals surface area contributed by atoms with Gasteiger partial charge in [-0.25, -0.2) is 4.98 Å². The molecule has 0 aliphatic carbocycles. The first-order valence-corrected chi connectivity index (χ1v) is 12.7. The molecular weight excluding hydrogens is 500 g/mol. The van der Waals surface area contributed by atoms with E-state index in [1.54, 1.807) is 35.3 Å². The number of β-lactam (4-membered cyclic amide) rings is 1. The van der Waals surface area contributed by atoms with E-state index in [-0.39, 0.29) is 40.1 Å². The second-order valence-corrected chi connectivity index (χ2v) is 10.4. The van der Waals surface area contributed by atoms with Crippen LogP contribution in [0.15, 0.2) is 51.4 Å². The number of fused-ring (bicyclic) bond motifs is 1. The van der Waals surface area contributed by atoms with E-state index in [0.717, 1.165) is 16.2 Å². The molecule has 0 bridgehead atoms. The minimum Gasteiger partial charge on any atom is -0.481 e. The van der Waals surface area contributed by atoms with Gasteiger partial charge in [0.1, 0.15) is 29.6 Å². The highest BCUT2D eigenvalue weighted by Gasteiger charge is 2.56. The van der Waals surface area contributed by atoms with Crippen molar-refractivity contribution in [3.8, 4) is 0 Å². The smallest absolute Gasteiger partial charge is 0.316 e. The zero-order valence-electron chi connectivity index (χ0n) is 17.8. The quantitative estimate of drug-likeness (QED) is 0.200. The van der Waals surface area contributed by atoms with Crippen LogP contribution in [0.3, 0.4) is 0 Å². The summed E-state index contributed by atoms with van der Waals surface area (Å²) < 4.78 is 0. The molecular formula is C20H20N6O5S3. The maximum Gasteiger partial charge on any atom is 0.316 e. The van der Waals surface area contributed by atoms with Gasteiger partial charge in [-0.3, -0.25) is 19.4 Å². The summed E-state index contributed by atoms with van der Waals surface area (Å²) in [5, 5.41) is 19.5. The van der Waals surface area contributed by atoms with Crippen LogP contribution in [-0.2, 0) is 19.2 Å². The zero-order chi connectivity index (χ0) is 24.3. The number of aromatic nitrogens is 2. The van der Waals surface area contributed by atoms with Crippen molar-refractivity contribution in [2.45, 2.75) is 16.3 Å². The predicted molar refractivity (Wildman–Crippen MR) is 129 cm³/mol. The molecule has 34 heavy (non-hydrogen) atoms. The van der Waals surface area contributed by atoms with Gasteiger partial charge in [-0.15, -0.1) is 23.1 Å². The number of hydrogen-bond acceptors (Lipinski definition) is 11. The molecule has 0 spiro atoms. The summed E-state index contributed by atoms with van der Waals surface area (Å²) in [6, 6.07) is 2.86. The average Bonchev–Trinajstić information content (AvgIpc) is 3.27. The number of amides is 2. The number of carboxylic acid groups (broad SMARTS) is 1. The van der Waals surface area contributed by atoms with Crippen LogP contribution in [0.2, 0.25) is 0 Å². The second-order valence-electron chi connectivity index (χ2n) is 7.38. The molecule has 11 nitrogen and oxygen atoms in total. The van der Waals surface area contributed by atoms with Crippen LogP contribution < -0.4 is 11.1 Å². The Balaban J connectivity index is 1.43. The van der Waals surface area contributed by atoms with Crippen LogP contribution in [0.5, 0.6) is 0 Å². The lowest BCUT2D eigenvalue weighted by Crippen LogP contribution is -2.73. The summed E-state index contributed by atoms with van der Waals surface area (Å²) in [5.41, 5.74) is 4.54. The van der Waals surface area contributed by atoms with Crippen molar-refractivity contribution in [1.29, 1.82) is 0 Å². The van der Waals surface area contributed by atoms with Crippen LogP contribution in [0.1, 0.15) is 5.69 Å². The SMILES string of the molecule is CON=C(C(=O)NC1C(=O)N2CC(C=CSc3cccnc3)(C(=O)O)CS[C@H]12)c1csc(N)n1. The number of aliphatic carboxylic acids is 1. The van der Waals surface area contributed by atoms with Gasteiger partial charge in [-0.1, -0.05) is 23.0 Å². The van der Waals surface area contributed by atoms with Gasteiger partial charge in [0.05, 0.1) is 0 Å². The number of carbonyl (C=O) groups is 3. The lowest BCUT2D eigenvalue weighted by molar-refractivity contribution is -0.156. The van der Waals surface area contributed by atoms with Crippen molar-refractivity contribution in [3.05, 3.63) is 47.1 Å². The summed E-state index contributed by atoms with van der Waals surface area (Å²) in [5.74, 6) is -1.76. The number of nitrogen functional groups attached to an aromatic ring is 1. The molecule has 2 aromatic rings. The van der Waals surface area contributed by atoms with Crippen molar-refractivity contribution < 1.29 is 24.3 Å². The number of nitrogens with two attached hydrogens (primary N) is 1. The molecule has 2 aliphatic heterocycles. The first-order chi connectivity index (χ1) is 16.3. The fraction of sp³-hybridized carbons (Fsp3) is 0.300. The van der Waals surface area contributed by atoms with Gasteiger partial charge in [0.2, 0.25) is 5.91 Å². The third-order valence-electron chi connectivity index (χ3n) is 5.21. The summed E-state index contributed by atoms with van der Waals surface area (Å²) in [6.07, 6.45) is 4.96. The Kier molecular flexibility index (Phi) is 7.09. The molecule has 2 aromatic heterocycles. The molecule has 2 aliphatic rings. The highest BCUT2D eigenvalue weighted by molar-refractivity contribution is 8.02. The van der Waals surface area contributed by atoms with Crippen molar-refractivity contribution in [2.75, 3.05) is 25.1 Å². The summed E-state index contributed by atoms with van der Waals surface area (Å²) >= 11 is 3.80. The number of hydrogen-bond donors (Lipinski definition) is 3. The Hall–Kier alpha value is -3.10. The normalized spacial score (nSPS) is 24.4. The lowest BCUT2D eigenvalue weighted by atomic mass is 9.87. The van der Waals surface area contributed by atoms with E-state index in [4.69, 9.17) is 10.6 Å². The van der Waals surface area contributed by atoms with E-state index in [9.17, 15) is 19.5 Å². The number of pyridine rings is 1. The number of carboxylic acids is 1. The molecule has 2 unspecified atom stereocenters. The van der Waals surface area contributed by atoms with Crippen LogP contribution in [-0.4, -0.2) is 74.3 Å². The highest BCUT2D eigenvalue weighted by atomic mass is 32.2. The minimum absolute atomic E-state index is 0.0109. The van der Waals surface area contributed by atoms with E-state index in [2.05, 4.69) is 20.4 Å². The molecule has 2 amide bonds. The number of thioether (sulfide) groups is 2. The van der Waals surface area contributed by atoms with Gasteiger partial charge in [0, 0.05) is 35.0 Å². The Morgan fingerprint density at radius 3 is 2.97 bits per heavy atom. The highest BCUT2D eigenvalue weighted by Crippen LogP contribution is 2.43. The van der Waals surface area contributed by atoms with Crippen molar-refractivity contribution in [3.63, 3.8) is 0 Å². The molecule has 0 radical (unpaired) electrons. The molecule has 4 heterocycles. The first-order valence-electron chi connectivity index (χ1n) is 9.88. The molecule has 0 aromatic carbocycles. The van der Waals surface area contributed by atoms with Crippen LogP contribution in [0.25, 0.3) is 0 Å². The van der Waals surface area contributed by atoms with Crippen LogP contribution >= 0.6 is 34.9 Å². The number of rotatable bonds is 8. The predicted octanol–water partition coefficient (Wildman–Crippen LogP) is 1.25. The summed E-state index contributed by atoms with van der Waals surface area (Å²) in [7, 11) is 1.29. The standard InChI is InChI=1S/C20H20N6O5S3/c1-31-25-13(12-8-33-19(21)23-12)15(27)24-14-16(28)26-9-20(18(29)30,10-34-17(14)26)4-6-32-11-3-2-5-22-7-11/h2-8,14,17H,9-10H2,1H3,(H2,21,23)(H,24,27)(H,29,30)/t14?,17-,20?/m1/s1. The Labute approximate surface area is 206 Å². The van der Waals surface area contributed by atoms with Gasteiger partial charge in [0.15, 0.2) is 10.8 Å². The topological polar surface area (TPSA) is 160 Å². The number of thiazole rings is 1. The Morgan fingerprint density at radius 2 is 2.32 bits per heavy atom. The van der Waals surface area contributed by atoms with Crippen LogP contribution in [0.4, 0.5) is 5.13 Å². The van der Waals surface area contributed by atoms with Crippen molar-refractivity contribution >= 4 is 63.5 Å². The van der Waals surface area contributed by atoms with E-state index in [1.165, 1.54) is 35.5 Å². The fourth-order valence-electron chi connectivity index (χ4n) is 3.46.